The Hall–Kier alpha value is -1.93. The van der Waals surface area contributed by atoms with Gasteiger partial charge in [-0.15, -0.1) is 0 Å². The summed E-state index contributed by atoms with van der Waals surface area (Å²) in [5.41, 5.74) is 2.22. The van der Waals surface area contributed by atoms with Crippen LogP contribution in [0, 0.1) is 0 Å². The van der Waals surface area contributed by atoms with Crippen LogP contribution in [0.1, 0.15) is 12.5 Å². The fourth-order valence-corrected chi connectivity index (χ4v) is 4.93. The van der Waals surface area contributed by atoms with Crippen LogP contribution in [0.5, 0.6) is 0 Å². The fraction of sp³-hybridized carbons (Fsp3) is 0.455. The molecule has 0 spiro atoms. The lowest BCUT2D eigenvalue weighted by atomic mass is 10.1. The minimum absolute atomic E-state index is 0.173. The van der Waals surface area contributed by atoms with Crippen molar-refractivity contribution in [2.45, 2.75) is 30.5 Å². The molecule has 3 rings (SSSR count). The molecular weight excluding hydrogens is 386 g/mol. The average Bonchev–Trinajstić information content (AvgIpc) is 2.73. The van der Waals surface area contributed by atoms with Gasteiger partial charge in [0.2, 0.25) is 10.0 Å². The van der Waals surface area contributed by atoms with Gasteiger partial charge in [0.25, 0.3) is 0 Å². The van der Waals surface area contributed by atoms with Crippen LogP contribution in [0.2, 0.25) is 0 Å². The highest BCUT2D eigenvalue weighted by Gasteiger charge is 2.33. The second-order valence-corrected chi connectivity index (χ2v) is 9.78. The van der Waals surface area contributed by atoms with Crippen molar-refractivity contribution >= 4 is 15.7 Å². The minimum Gasteiger partial charge on any atom is -0.378 e. The van der Waals surface area contributed by atoms with E-state index in [0.29, 0.717) is 18.0 Å². The summed E-state index contributed by atoms with van der Waals surface area (Å²) in [6.07, 6.45) is -0.173. The number of hydrogen-bond acceptors (Lipinski definition) is 5. The summed E-state index contributed by atoms with van der Waals surface area (Å²) in [6.45, 7) is 4.92. The SMILES string of the molecule is CC(C1CN(Cc2ccccc2)CCO1)N(C)S(=O)(=O)c1ccc(N(C)C)cc1. The highest BCUT2D eigenvalue weighted by atomic mass is 32.2. The third-order valence-corrected chi connectivity index (χ3v) is 7.53. The molecular formula is C22H31N3O3S. The molecule has 1 heterocycles. The highest BCUT2D eigenvalue weighted by Crippen LogP contribution is 2.23. The Balaban J connectivity index is 1.68. The van der Waals surface area contributed by atoms with E-state index in [0.717, 1.165) is 18.8 Å². The van der Waals surface area contributed by atoms with Gasteiger partial charge in [-0.05, 0) is 36.8 Å². The molecule has 0 amide bonds. The van der Waals surface area contributed by atoms with Gasteiger partial charge in [0.1, 0.15) is 0 Å². The Morgan fingerprint density at radius 2 is 1.72 bits per heavy atom. The van der Waals surface area contributed by atoms with Gasteiger partial charge in [-0.25, -0.2) is 8.42 Å². The molecule has 1 aliphatic heterocycles. The zero-order chi connectivity index (χ0) is 21.0. The van der Waals surface area contributed by atoms with Crippen molar-refractivity contribution in [3.63, 3.8) is 0 Å². The molecule has 2 unspecified atom stereocenters. The van der Waals surface area contributed by atoms with E-state index in [-0.39, 0.29) is 12.1 Å². The van der Waals surface area contributed by atoms with Crippen LogP contribution in [0.25, 0.3) is 0 Å². The maximum atomic E-state index is 13.1. The van der Waals surface area contributed by atoms with E-state index in [4.69, 9.17) is 4.74 Å². The minimum atomic E-state index is -3.59. The zero-order valence-electron chi connectivity index (χ0n) is 17.7. The molecule has 1 saturated heterocycles. The molecule has 6 nitrogen and oxygen atoms in total. The Bertz CT molecular complexity index is 885. The number of rotatable bonds is 7. The number of anilines is 1. The smallest absolute Gasteiger partial charge is 0.243 e. The molecule has 0 saturated carbocycles. The second kappa shape index (κ2) is 9.26. The summed E-state index contributed by atoms with van der Waals surface area (Å²) in [4.78, 5) is 4.57. The number of sulfonamides is 1. The van der Waals surface area contributed by atoms with Gasteiger partial charge in [-0.2, -0.15) is 4.31 Å². The second-order valence-electron chi connectivity index (χ2n) is 7.78. The van der Waals surface area contributed by atoms with Crippen molar-refractivity contribution in [3.8, 4) is 0 Å². The van der Waals surface area contributed by atoms with Crippen molar-refractivity contribution in [1.29, 1.82) is 0 Å². The van der Waals surface area contributed by atoms with Gasteiger partial charge in [0, 0.05) is 52.5 Å². The Kier molecular flexibility index (Phi) is 6.95. The quantitative estimate of drug-likeness (QED) is 0.693. The van der Waals surface area contributed by atoms with E-state index in [1.54, 1.807) is 19.2 Å². The summed E-state index contributed by atoms with van der Waals surface area (Å²) < 4.78 is 33.6. The Labute approximate surface area is 174 Å². The number of nitrogens with zero attached hydrogens (tertiary/aromatic N) is 3. The molecule has 2 atom stereocenters. The molecule has 29 heavy (non-hydrogen) atoms. The zero-order valence-corrected chi connectivity index (χ0v) is 18.5. The molecule has 0 bridgehead atoms. The summed E-state index contributed by atoms with van der Waals surface area (Å²) >= 11 is 0. The van der Waals surface area contributed by atoms with Crippen molar-refractivity contribution in [2.24, 2.45) is 0 Å². The first kappa shape index (κ1) is 21.8. The van der Waals surface area contributed by atoms with E-state index in [1.807, 2.05) is 56.3 Å². The number of benzene rings is 2. The standard InChI is InChI=1S/C22H31N3O3S/c1-18(22-17-25(14-15-28-22)16-19-8-6-5-7-9-19)24(4)29(26,27)21-12-10-20(11-13-21)23(2)3/h5-13,18,22H,14-17H2,1-4H3. The number of likely N-dealkylation sites (N-methyl/N-ethyl adjacent to an activating group) is 1. The molecule has 2 aromatic rings. The molecule has 1 fully saturated rings. The maximum absolute atomic E-state index is 13.1. The van der Waals surface area contributed by atoms with E-state index < -0.39 is 10.0 Å². The topological polar surface area (TPSA) is 53.1 Å². The first-order chi connectivity index (χ1) is 13.8. The van der Waals surface area contributed by atoms with Crippen LogP contribution in [-0.4, -0.2) is 70.6 Å². The molecule has 0 radical (unpaired) electrons. The van der Waals surface area contributed by atoms with Crippen molar-refractivity contribution in [1.82, 2.24) is 9.21 Å². The summed E-state index contributed by atoms with van der Waals surface area (Å²) in [6, 6.07) is 17.0. The number of morpholine rings is 1. The normalized spacial score (nSPS) is 19.3. The van der Waals surface area contributed by atoms with Crippen LogP contribution >= 0.6 is 0 Å². The Morgan fingerprint density at radius 3 is 2.34 bits per heavy atom. The first-order valence-electron chi connectivity index (χ1n) is 9.92. The van der Waals surface area contributed by atoms with E-state index in [2.05, 4.69) is 17.0 Å². The van der Waals surface area contributed by atoms with Gasteiger partial charge in [-0.3, -0.25) is 4.90 Å². The van der Waals surface area contributed by atoms with Gasteiger partial charge in [-0.1, -0.05) is 30.3 Å². The molecule has 1 aliphatic rings. The monoisotopic (exact) mass is 417 g/mol. The van der Waals surface area contributed by atoms with Crippen LogP contribution < -0.4 is 4.90 Å². The van der Waals surface area contributed by atoms with Crippen LogP contribution in [0.15, 0.2) is 59.5 Å². The third kappa shape index (κ3) is 5.17. The lowest BCUT2D eigenvalue weighted by Gasteiger charge is -2.38. The van der Waals surface area contributed by atoms with Gasteiger partial charge >= 0.3 is 0 Å². The predicted molar refractivity (Wildman–Crippen MR) is 117 cm³/mol. The lowest BCUT2D eigenvalue weighted by Crippen LogP contribution is -2.52. The molecule has 7 heteroatoms. The summed E-state index contributed by atoms with van der Waals surface area (Å²) in [5, 5.41) is 0. The molecule has 0 aliphatic carbocycles. The van der Waals surface area contributed by atoms with Crippen molar-refractivity contribution < 1.29 is 13.2 Å². The summed E-state index contributed by atoms with van der Waals surface area (Å²) in [5.74, 6) is 0. The predicted octanol–water partition coefficient (Wildman–Crippen LogP) is 2.66. The van der Waals surface area contributed by atoms with Gasteiger partial charge in [0.05, 0.1) is 17.6 Å². The summed E-state index contributed by atoms with van der Waals surface area (Å²) in [7, 11) is 1.91. The fourth-order valence-electron chi connectivity index (χ4n) is 3.54. The van der Waals surface area contributed by atoms with Crippen molar-refractivity contribution in [2.75, 3.05) is 45.7 Å². The van der Waals surface area contributed by atoms with Gasteiger partial charge < -0.3 is 9.64 Å². The Morgan fingerprint density at radius 1 is 1.07 bits per heavy atom. The van der Waals surface area contributed by atoms with Crippen LogP contribution in [0.3, 0.4) is 0 Å². The lowest BCUT2D eigenvalue weighted by molar-refractivity contribution is -0.0554. The molecule has 0 N–H and O–H groups in total. The van der Waals surface area contributed by atoms with E-state index in [1.165, 1.54) is 9.87 Å². The van der Waals surface area contributed by atoms with Gasteiger partial charge in [0.15, 0.2) is 0 Å². The number of ether oxygens (including phenoxy) is 1. The maximum Gasteiger partial charge on any atom is 0.243 e. The molecule has 2 aromatic carbocycles. The first-order valence-corrected chi connectivity index (χ1v) is 11.4. The largest absolute Gasteiger partial charge is 0.378 e. The van der Waals surface area contributed by atoms with E-state index >= 15 is 0 Å². The average molecular weight is 418 g/mol. The number of hydrogen-bond donors (Lipinski definition) is 0. The van der Waals surface area contributed by atoms with Crippen LogP contribution in [0.4, 0.5) is 5.69 Å². The molecule has 158 valence electrons. The highest BCUT2D eigenvalue weighted by molar-refractivity contribution is 7.89. The van der Waals surface area contributed by atoms with E-state index in [9.17, 15) is 8.42 Å². The van der Waals surface area contributed by atoms with Crippen LogP contribution in [-0.2, 0) is 21.3 Å². The molecule has 0 aromatic heterocycles. The van der Waals surface area contributed by atoms with Crippen molar-refractivity contribution in [3.05, 3.63) is 60.2 Å². The third-order valence-electron chi connectivity index (χ3n) is 5.57.